The van der Waals surface area contributed by atoms with Crippen LogP contribution in [0, 0.1) is 11.3 Å². The molecule has 0 aliphatic heterocycles. The second kappa shape index (κ2) is 7.63. The standard InChI is InChI=1S/C22H13ClN2OS/c23-19-13-18(26-17-6-2-1-3-7-17)11-10-15(19)12-16(14-24)22-25-20-8-4-5-9-21(20)27-22/h1-13H/b16-12+. The van der Waals surface area contributed by atoms with Crippen molar-refractivity contribution in [3.63, 3.8) is 0 Å². The minimum absolute atomic E-state index is 0.481. The molecule has 4 aromatic rings. The molecule has 5 heteroatoms. The maximum absolute atomic E-state index is 9.59. The van der Waals surface area contributed by atoms with Gasteiger partial charge < -0.3 is 4.74 Å². The SMILES string of the molecule is N#C/C(=C\c1ccc(Oc2ccccc2)cc1Cl)c1nc2ccccc2s1. The highest BCUT2D eigenvalue weighted by molar-refractivity contribution is 7.19. The van der Waals surface area contributed by atoms with Gasteiger partial charge in [-0.05, 0) is 54.1 Å². The summed E-state index contributed by atoms with van der Waals surface area (Å²) in [6, 6.07) is 25.0. The smallest absolute Gasteiger partial charge is 0.135 e. The molecular weight excluding hydrogens is 376 g/mol. The molecular formula is C22H13ClN2OS. The van der Waals surface area contributed by atoms with Crippen LogP contribution >= 0.6 is 22.9 Å². The number of ether oxygens (including phenoxy) is 1. The van der Waals surface area contributed by atoms with Crippen molar-refractivity contribution in [1.82, 2.24) is 4.98 Å². The molecule has 27 heavy (non-hydrogen) atoms. The number of hydrogen-bond donors (Lipinski definition) is 0. The van der Waals surface area contributed by atoms with Crippen LogP contribution in [-0.4, -0.2) is 4.98 Å². The normalized spacial score (nSPS) is 11.3. The van der Waals surface area contributed by atoms with Crippen LogP contribution < -0.4 is 4.74 Å². The van der Waals surface area contributed by atoms with Gasteiger partial charge in [0.2, 0.25) is 0 Å². The zero-order valence-electron chi connectivity index (χ0n) is 14.1. The summed E-state index contributed by atoms with van der Waals surface area (Å²) in [6.07, 6.45) is 1.76. The van der Waals surface area contributed by atoms with Crippen molar-refractivity contribution >= 4 is 44.8 Å². The van der Waals surface area contributed by atoms with Crippen molar-refractivity contribution in [1.29, 1.82) is 5.26 Å². The van der Waals surface area contributed by atoms with E-state index in [0.717, 1.165) is 21.5 Å². The molecule has 1 aromatic heterocycles. The Bertz CT molecular complexity index is 1140. The summed E-state index contributed by atoms with van der Waals surface area (Å²) in [5.41, 5.74) is 2.11. The third kappa shape index (κ3) is 3.85. The van der Waals surface area contributed by atoms with Crippen LogP contribution in [0.2, 0.25) is 5.02 Å². The first-order valence-corrected chi connectivity index (χ1v) is 9.42. The molecule has 0 spiro atoms. The number of para-hydroxylation sites is 2. The number of nitrogens with zero attached hydrogens (tertiary/aromatic N) is 2. The molecule has 0 N–H and O–H groups in total. The molecule has 0 radical (unpaired) electrons. The van der Waals surface area contributed by atoms with Gasteiger partial charge in [0.05, 0.1) is 20.8 Å². The number of rotatable bonds is 4. The Balaban J connectivity index is 1.64. The predicted molar refractivity (Wildman–Crippen MR) is 111 cm³/mol. The summed E-state index contributed by atoms with van der Waals surface area (Å²) >= 11 is 7.90. The van der Waals surface area contributed by atoms with Gasteiger partial charge in [-0.3, -0.25) is 0 Å². The molecule has 0 atom stereocenters. The Morgan fingerprint density at radius 2 is 1.78 bits per heavy atom. The van der Waals surface area contributed by atoms with E-state index in [1.165, 1.54) is 11.3 Å². The zero-order valence-corrected chi connectivity index (χ0v) is 15.7. The average Bonchev–Trinajstić information content (AvgIpc) is 3.12. The summed E-state index contributed by atoms with van der Waals surface area (Å²) in [6.45, 7) is 0. The Kier molecular flexibility index (Phi) is 4.88. The van der Waals surface area contributed by atoms with E-state index in [1.807, 2.05) is 66.7 Å². The van der Waals surface area contributed by atoms with Crippen molar-refractivity contribution in [3.8, 4) is 17.6 Å². The van der Waals surface area contributed by atoms with Gasteiger partial charge in [-0.1, -0.05) is 41.9 Å². The average molecular weight is 389 g/mol. The second-order valence-corrected chi connectivity index (χ2v) is 7.19. The van der Waals surface area contributed by atoms with Gasteiger partial charge in [0, 0.05) is 0 Å². The molecule has 130 valence electrons. The first-order valence-electron chi connectivity index (χ1n) is 8.23. The Labute approximate surface area is 165 Å². The van der Waals surface area contributed by atoms with Crippen molar-refractivity contribution in [2.75, 3.05) is 0 Å². The van der Waals surface area contributed by atoms with E-state index in [-0.39, 0.29) is 0 Å². The third-order valence-corrected chi connectivity index (χ3v) is 5.29. The van der Waals surface area contributed by atoms with E-state index in [4.69, 9.17) is 16.3 Å². The van der Waals surface area contributed by atoms with Crippen LogP contribution in [0.15, 0.2) is 72.8 Å². The molecule has 0 saturated heterocycles. The van der Waals surface area contributed by atoms with Gasteiger partial charge in [-0.15, -0.1) is 11.3 Å². The van der Waals surface area contributed by atoms with Crippen molar-refractivity contribution < 1.29 is 4.74 Å². The minimum Gasteiger partial charge on any atom is -0.457 e. The van der Waals surface area contributed by atoms with Crippen LogP contribution in [0.4, 0.5) is 0 Å². The van der Waals surface area contributed by atoms with E-state index in [0.29, 0.717) is 21.4 Å². The van der Waals surface area contributed by atoms with Gasteiger partial charge in [0.15, 0.2) is 0 Å². The molecule has 0 aliphatic rings. The Hall–Kier alpha value is -3.13. The number of allylic oxidation sites excluding steroid dienone is 1. The number of benzene rings is 3. The molecule has 0 saturated carbocycles. The highest BCUT2D eigenvalue weighted by atomic mass is 35.5. The van der Waals surface area contributed by atoms with Gasteiger partial charge in [-0.25, -0.2) is 4.98 Å². The quantitative estimate of drug-likeness (QED) is 0.361. The molecule has 3 nitrogen and oxygen atoms in total. The van der Waals surface area contributed by atoms with Crippen molar-refractivity contribution in [2.24, 2.45) is 0 Å². The van der Waals surface area contributed by atoms with E-state index >= 15 is 0 Å². The number of aromatic nitrogens is 1. The highest BCUT2D eigenvalue weighted by Crippen LogP contribution is 2.31. The topological polar surface area (TPSA) is 45.9 Å². The molecule has 1 heterocycles. The van der Waals surface area contributed by atoms with E-state index in [2.05, 4.69) is 11.1 Å². The number of thiazole rings is 1. The first kappa shape index (κ1) is 17.3. The maximum Gasteiger partial charge on any atom is 0.135 e. The molecule has 0 bridgehead atoms. The van der Waals surface area contributed by atoms with Gasteiger partial charge in [0.25, 0.3) is 0 Å². The molecule has 0 unspecified atom stereocenters. The monoisotopic (exact) mass is 388 g/mol. The second-order valence-electron chi connectivity index (χ2n) is 5.75. The van der Waals surface area contributed by atoms with Gasteiger partial charge >= 0.3 is 0 Å². The number of halogens is 1. The zero-order chi connectivity index (χ0) is 18.6. The third-order valence-electron chi connectivity index (χ3n) is 3.90. The highest BCUT2D eigenvalue weighted by Gasteiger charge is 2.10. The lowest BCUT2D eigenvalue weighted by atomic mass is 10.1. The maximum atomic E-state index is 9.59. The van der Waals surface area contributed by atoms with Crippen LogP contribution in [0.1, 0.15) is 10.6 Å². The van der Waals surface area contributed by atoms with E-state index in [9.17, 15) is 5.26 Å². The summed E-state index contributed by atoms with van der Waals surface area (Å²) in [5.74, 6) is 1.38. The molecule has 3 aromatic carbocycles. The van der Waals surface area contributed by atoms with Crippen LogP contribution in [-0.2, 0) is 0 Å². The first-order chi connectivity index (χ1) is 13.2. The van der Waals surface area contributed by atoms with Crippen molar-refractivity contribution in [3.05, 3.63) is 88.4 Å². The fraction of sp³-hybridized carbons (Fsp3) is 0. The van der Waals surface area contributed by atoms with Crippen molar-refractivity contribution in [2.45, 2.75) is 0 Å². The lowest BCUT2D eigenvalue weighted by Crippen LogP contribution is -1.86. The summed E-state index contributed by atoms with van der Waals surface area (Å²) in [5, 5.41) is 10.8. The summed E-state index contributed by atoms with van der Waals surface area (Å²) < 4.78 is 6.84. The number of fused-ring (bicyclic) bond motifs is 1. The Morgan fingerprint density at radius 3 is 2.52 bits per heavy atom. The molecule has 0 amide bonds. The lowest BCUT2D eigenvalue weighted by molar-refractivity contribution is 0.482. The lowest BCUT2D eigenvalue weighted by Gasteiger charge is -2.07. The predicted octanol–water partition coefficient (Wildman–Crippen LogP) is 6.81. The number of hydrogen-bond acceptors (Lipinski definition) is 4. The van der Waals surface area contributed by atoms with Gasteiger partial charge in [0.1, 0.15) is 22.6 Å². The molecule has 0 fully saturated rings. The summed E-state index contributed by atoms with van der Waals surface area (Å²) in [7, 11) is 0. The van der Waals surface area contributed by atoms with E-state index in [1.54, 1.807) is 12.1 Å². The molecule has 4 rings (SSSR count). The Morgan fingerprint density at radius 1 is 1.00 bits per heavy atom. The van der Waals surface area contributed by atoms with Crippen LogP contribution in [0.5, 0.6) is 11.5 Å². The summed E-state index contributed by atoms with van der Waals surface area (Å²) in [4.78, 5) is 4.54. The minimum atomic E-state index is 0.481. The fourth-order valence-corrected chi connectivity index (χ4v) is 3.75. The van der Waals surface area contributed by atoms with E-state index < -0.39 is 0 Å². The van der Waals surface area contributed by atoms with Gasteiger partial charge in [-0.2, -0.15) is 5.26 Å². The number of nitriles is 1. The largest absolute Gasteiger partial charge is 0.457 e. The van der Waals surface area contributed by atoms with Crippen LogP contribution in [0.25, 0.3) is 21.9 Å². The molecule has 0 aliphatic carbocycles. The van der Waals surface area contributed by atoms with Crippen LogP contribution in [0.3, 0.4) is 0 Å². The fourth-order valence-electron chi connectivity index (χ4n) is 2.60.